The van der Waals surface area contributed by atoms with Gasteiger partial charge in [-0.05, 0) is 18.9 Å². The average Bonchev–Trinajstić information content (AvgIpc) is 2.07. The zero-order valence-electron chi connectivity index (χ0n) is 6.63. The van der Waals surface area contributed by atoms with Gasteiger partial charge in [-0.2, -0.15) is 5.26 Å². The van der Waals surface area contributed by atoms with Gasteiger partial charge in [0.15, 0.2) is 6.07 Å². The van der Waals surface area contributed by atoms with Crippen molar-refractivity contribution in [1.29, 1.82) is 5.26 Å². The van der Waals surface area contributed by atoms with Crippen LogP contribution in [0.3, 0.4) is 0 Å². The molecule has 0 unspecified atom stereocenters. The van der Waals surface area contributed by atoms with Crippen LogP contribution in [0.5, 0.6) is 0 Å². The van der Waals surface area contributed by atoms with Gasteiger partial charge >= 0.3 is 0 Å². The van der Waals surface area contributed by atoms with Gasteiger partial charge in [0, 0.05) is 17.7 Å². The summed E-state index contributed by atoms with van der Waals surface area (Å²) in [7, 11) is 0. The van der Waals surface area contributed by atoms with Gasteiger partial charge in [-0.15, -0.1) is 0 Å². The molecule has 0 aliphatic carbocycles. The second-order valence-electron chi connectivity index (χ2n) is 2.26. The van der Waals surface area contributed by atoms with E-state index in [1.54, 1.807) is 18.3 Å². The predicted octanol–water partition coefficient (Wildman–Crippen LogP) is 0.847. The number of aryl methyl sites for hydroxylation is 1. The maximum absolute atomic E-state index is 8.18. The Kier molecular flexibility index (Phi) is 2.30. The van der Waals surface area contributed by atoms with Crippen molar-refractivity contribution in [3.8, 4) is 17.9 Å². The highest BCUT2D eigenvalue weighted by Gasteiger charge is 1.94. The van der Waals surface area contributed by atoms with Crippen LogP contribution in [0.25, 0.3) is 0 Å². The van der Waals surface area contributed by atoms with Crippen molar-refractivity contribution in [3.63, 3.8) is 0 Å². The van der Waals surface area contributed by atoms with Gasteiger partial charge in [-0.3, -0.25) is 4.98 Å². The molecule has 3 heteroatoms. The van der Waals surface area contributed by atoms with E-state index in [-0.39, 0.29) is 0 Å². The molecule has 0 amide bonds. The molecule has 0 saturated heterocycles. The summed E-state index contributed by atoms with van der Waals surface area (Å²) in [5.74, 6) is 4.88. The van der Waals surface area contributed by atoms with Gasteiger partial charge in [0.1, 0.15) is 0 Å². The number of nitriles is 1. The smallest absolute Gasteiger partial charge is 0.152 e. The zero-order valence-corrected chi connectivity index (χ0v) is 6.63. The number of anilines is 1. The fourth-order valence-corrected chi connectivity index (χ4v) is 0.719. The molecule has 0 aliphatic rings. The number of rotatable bonds is 0. The quantitative estimate of drug-likeness (QED) is 0.568. The van der Waals surface area contributed by atoms with E-state index >= 15 is 0 Å². The Morgan fingerprint density at radius 3 is 2.92 bits per heavy atom. The summed E-state index contributed by atoms with van der Waals surface area (Å²) >= 11 is 0. The first-order valence-electron chi connectivity index (χ1n) is 3.36. The number of nitrogens with zero attached hydrogens (tertiary/aromatic N) is 2. The second-order valence-corrected chi connectivity index (χ2v) is 2.26. The molecule has 1 heterocycles. The van der Waals surface area contributed by atoms with E-state index < -0.39 is 0 Å². The number of aromatic nitrogens is 1. The van der Waals surface area contributed by atoms with Crippen LogP contribution in [0.15, 0.2) is 12.3 Å². The van der Waals surface area contributed by atoms with Gasteiger partial charge in [-0.1, -0.05) is 0 Å². The Balaban J connectivity index is 3.07. The predicted molar refractivity (Wildman–Crippen MR) is 45.9 cm³/mol. The van der Waals surface area contributed by atoms with Crippen LogP contribution in [0.4, 0.5) is 5.69 Å². The first-order valence-corrected chi connectivity index (χ1v) is 3.36. The molecule has 2 N–H and O–H groups in total. The maximum atomic E-state index is 8.18. The molecule has 58 valence electrons. The molecule has 0 radical (unpaired) electrons. The van der Waals surface area contributed by atoms with E-state index in [1.807, 2.05) is 6.92 Å². The van der Waals surface area contributed by atoms with E-state index in [1.165, 1.54) is 0 Å². The lowest BCUT2D eigenvalue weighted by Crippen LogP contribution is -1.93. The summed E-state index contributed by atoms with van der Waals surface area (Å²) in [5.41, 5.74) is 7.62. The summed E-state index contributed by atoms with van der Waals surface area (Å²) in [6.07, 6.45) is 1.59. The topological polar surface area (TPSA) is 62.7 Å². The van der Waals surface area contributed by atoms with Crippen LogP contribution >= 0.6 is 0 Å². The summed E-state index contributed by atoms with van der Waals surface area (Å²) in [6.45, 7) is 1.82. The number of pyridine rings is 1. The third-order valence-corrected chi connectivity index (χ3v) is 1.39. The highest BCUT2D eigenvalue weighted by Crippen LogP contribution is 2.07. The van der Waals surface area contributed by atoms with Gasteiger partial charge in [0.2, 0.25) is 0 Å². The average molecular weight is 157 g/mol. The molecule has 0 aliphatic heterocycles. The van der Waals surface area contributed by atoms with Crippen molar-refractivity contribution < 1.29 is 0 Å². The minimum Gasteiger partial charge on any atom is -0.397 e. The number of hydrogen-bond acceptors (Lipinski definition) is 3. The lowest BCUT2D eigenvalue weighted by molar-refractivity contribution is 1.20. The molecule has 0 bridgehead atoms. The summed E-state index contributed by atoms with van der Waals surface area (Å²) in [4.78, 5) is 3.99. The maximum Gasteiger partial charge on any atom is 0.152 e. The molecular weight excluding hydrogens is 150 g/mol. The van der Waals surface area contributed by atoms with Gasteiger partial charge in [0.25, 0.3) is 0 Å². The normalized spacial score (nSPS) is 8.00. The van der Waals surface area contributed by atoms with Crippen LogP contribution < -0.4 is 5.73 Å². The molecule has 1 rings (SSSR count). The Morgan fingerprint density at radius 1 is 1.58 bits per heavy atom. The molecule has 0 aromatic carbocycles. The number of nitrogens with two attached hydrogens (primary N) is 1. The Labute approximate surface area is 70.8 Å². The van der Waals surface area contributed by atoms with Crippen molar-refractivity contribution in [2.75, 3.05) is 5.73 Å². The minimum absolute atomic E-state index is 0.597. The lowest BCUT2D eigenvalue weighted by atomic mass is 10.2. The van der Waals surface area contributed by atoms with Crippen molar-refractivity contribution >= 4 is 5.69 Å². The molecule has 0 saturated carbocycles. The molecule has 12 heavy (non-hydrogen) atoms. The zero-order chi connectivity index (χ0) is 8.97. The molecule has 0 atom stereocenters. The van der Waals surface area contributed by atoms with Gasteiger partial charge in [0.05, 0.1) is 11.4 Å². The van der Waals surface area contributed by atoms with Crippen molar-refractivity contribution in [2.45, 2.75) is 6.92 Å². The van der Waals surface area contributed by atoms with Gasteiger partial charge < -0.3 is 5.73 Å². The van der Waals surface area contributed by atoms with Crippen molar-refractivity contribution in [2.24, 2.45) is 0 Å². The second kappa shape index (κ2) is 3.41. The van der Waals surface area contributed by atoms with E-state index in [0.29, 0.717) is 11.3 Å². The molecule has 0 fully saturated rings. The molecule has 1 aromatic heterocycles. The van der Waals surface area contributed by atoms with Crippen LogP contribution in [0.1, 0.15) is 11.3 Å². The monoisotopic (exact) mass is 157 g/mol. The number of hydrogen-bond donors (Lipinski definition) is 1. The fourth-order valence-electron chi connectivity index (χ4n) is 0.719. The molecule has 0 spiro atoms. The third kappa shape index (κ3) is 1.74. The molecule has 1 aromatic rings. The lowest BCUT2D eigenvalue weighted by Gasteiger charge is -1.97. The molecule has 3 nitrogen and oxygen atoms in total. The highest BCUT2D eigenvalue weighted by molar-refractivity contribution is 5.49. The first kappa shape index (κ1) is 8.10. The summed E-state index contributed by atoms with van der Waals surface area (Å²) in [5, 5.41) is 8.18. The largest absolute Gasteiger partial charge is 0.397 e. The van der Waals surface area contributed by atoms with Crippen LogP contribution in [0.2, 0.25) is 0 Å². The standard InChI is InChI=1S/C9H7N3/c1-7-9(11)5-8(6-12-7)3-2-4-10/h5-6H,11H2,1H3. The third-order valence-electron chi connectivity index (χ3n) is 1.39. The summed E-state index contributed by atoms with van der Waals surface area (Å²) in [6, 6.07) is 3.42. The van der Waals surface area contributed by atoms with E-state index in [4.69, 9.17) is 11.0 Å². The van der Waals surface area contributed by atoms with E-state index in [0.717, 1.165) is 5.69 Å². The van der Waals surface area contributed by atoms with E-state index in [2.05, 4.69) is 16.8 Å². The van der Waals surface area contributed by atoms with Crippen LogP contribution in [-0.2, 0) is 0 Å². The van der Waals surface area contributed by atoms with Crippen molar-refractivity contribution in [1.82, 2.24) is 4.98 Å². The van der Waals surface area contributed by atoms with Crippen LogP contribution in [-0.4, -0.2) is 4.98 Å². The number of nitrogen functional groups attached to an aromatic ring is 1. The summed E-state index contributed by atoms with van der Waals surface area (Å²) < 4.78 is 0. The van der Waals surface area contributed by atoms with Crippen molar-refractivity contribution in [3.05, 3.63) is 23.5 Å². The van der Waals surface area contributed by atoms with Crippen LogP contribution in [0, 0.1) is 30.1 Å². The molecular formula is C9H7N3. The Morgan fingerprint density at radius 2 is 2.33 bits per heavy atom. The Bertz CT molecular complexity index is 390. The fraction of sp³-hybridized carbons (Fsp3) is 0.111. The van der Waals surface area contributed by atoms with Gasteiger partial charge in [-0.25, -0.2) is 0 Å². The minimum atomic E-state index is 0.597. The first-order chi connectivity index (χ1) is 5.74. The van der Waals surface area contributed by atoms with E-state index in [9.17, 15) is 0 Å². The highest BCUT2D eigenvalue weighted by atomic mass is 14.7. The SMILES string of the molecule is Cc1ncc(C#CC#N)cc1N. The Hall–Kier alpha value is -2.00.